The normalized spacial score (nSPS) is 10.3. The quantitative estimate of drug-likeness (QED) is 0.877. The van der Waals surface area contributed by atoms with Crippen LogP contribution in [0.1, 0.15) is 23.0 Å². The van der Waals surface area contributed by atoms with Gasteiger partial charge in [0.25, 0.3) is 5.91 Å². The molecule has 2 aromatic rings. The molecule has 1 aromatic heterocycles. The molecule has 110 valence electrons. The predicted molar refractivity (Wildman–Crippen MR) is 87.6 cm³/mol. The van der Waals surface area contributed by atoms with Gasteiger partial charge in [-0.25, -0.2) is 4.98 Å². The lowest BCUT2D eigenvalue weighted by molar-refractivity contribution is 0.102. The molecule has 6 heteroatoms. The average Bonchev–Trinajstić information content (AvgIpc) is 2.45. The van der Waals surface area contributed by atoms with Crippen LogP contribution in [-0.2, 0) is 0 Å². The van der Waals surface area contributed by atoms with Gasteiger partial charge in [-0.3, -0.25) is 4.79 Å². The molecular formula is C15H15Cl2N3O. The molecule has 0 aliphatic carbocycles. The maximum Gasteiger partial charge on any atom is 0.274 e. The minimum atomic E-state index is -0.337. The van der Waals surface area contributed by atoms with Crippen LogP contribution in [0.2, 0.25) is 10.0 Å². The predicted octanol–water partition coefficient (Wildman–Crippen LogP) is 4.38. The lowest BCUT2D eigenvalue weighted by Gasteiger charge is -2.10. The summed E-state index contributed by atoms with van der Waals surface area (Å²) in [7, 11) is 0. The van der Waals surface area contributed by atoms with Crippen molar-refractivity contribution in [1.82, 2.24) is 4.98 Å². The van der Waals surface area contributed by atoms with Gasteiger partial charge in [0.15, 0.2) is 0 Å². The van der Waals surface area contributed by atoms with E-state index < -0.39 is 0 Å². The van der Waals surface area contributed by atoms with E-state index in [2.05, 4.69) is 15.6 Å². The molecule has 0 bridgehead atoms. The van der Waals surface area contributed by atoms with Crippen LogP contribution in [0.25, 0.3) is 0 Å². The number of hydrogen-bond acceptors (Lipinski definition) is 3. The molecule has 0 aliphatic rings. The van der Waals surface area contributed by atoms with Gasteiger partial charge in [0, 0.05) is 11.6 Å². The average molecular weight is 324 g/mol. The Morgan fingerprint density at radius 1 is 1.24 bits per heavy atom. The maximum atomic E-state index is 12.2. The smallest absolute Gasteiger partial charge is 0.274 e. The third-order valence-electron chi connectivity index (χ3n) is 2.84. The van der Waals surface area contributed by atoms with Crippen LogP contribution in [0.5, 0.6) is 0 Å². The summed E-state index contributed by atoms with van der Waals surface area (Å²) in [6, 6.07) is 8.55. The Morgan fingerprint density at radius 3 is 2.71 bits per heavy atom. The molecule has 0 radical (unpaired) electrons. The van der Waals surface area contributed by atoms with Crippen LogP contribution >= 0.6 is 23.2 Å². The maximum absolute atomic E-state index is 12.2. The summed E-state index contributed by atoms with van der Waals surface area (Å²) in [6.45, 7) is 4.54. The molecule has 0 unspecified atom stereocenters. The number of aromatic nitrogens is 1. The van der Waals surface area contributed by atoms with Gasteiger partial charge in [-0.1, -0.05) is 29.3 Å². The van der Waals surface area contributed by atoms with Crippen LogP contribution in [0.4, 0.5) is 11.5 Å². The van der Waals surface area contributed by atoms with Gasteiger partial charge < -0.3 is 10.6 Å². The Kier molecular flexibility index (Phi) is 5.04. The zero-order valence-corrected chi connectivity index (χ0v) is 13.2. The number of nitrogens with zero attached hydrogens (tertiary/aromatic N) is 1. The van der Waals surface area contributed by atoms with Crippen molar-refractivity contribution < 1.29 is 4.79 Å². The molecular weight excluding hydrogens is 309 g/mol. The largest absolute Gasteiger partial charge is 0.370 e. The summed E-state index contributed by atoms with van der Waals surface area (Å²) < 4.78 is 0. The van der Waals surface area contributed by atoms with Crippen LogP contribution in [0.15, 0.2) is 30.3 Å². The minimum absolute atomic E-state index is 0.307. The SMILES string of the molecule is CCNc1cccc(C(=O)Nc2cc(Cl)c(C)cc2Cl)n1. The van der Waals surface area contributed by atoms with Gasteiger partial charge in [-0.05, 0) is 43.7 Å². The number of aryl methyl sites for hydroxylation is 1. The Bertz CT molecular complexity index is 674. The molecule has 0 atom stereocenters. The van der Waals surface area contributed by atoms with Crippen LogP contribution in [0, 0.1) is 6.92 Å². The number of nitrogens with one attached hydrogen (secondary N) is 2. The summed E-state index contributed by atoms with van der Waals surface area (Å²) in [5, 5.41) is 6.76. The molecule has 21 heavy (non-hydrogen) atoms. The van der Waals surface area contributed by atoms with Crippen molar-refractivity contribution in [3.8, 4) is 0 Å². The highest BCUT2D eigenvalue weighted by Gasteiger charge is 2.12. The fraction of sp³-hybridized carbons (Fsp3) is 0.200. The van der Waals surface area contributed by atoms with E-state index in [0.29, 0.717) is 27.2 Å². The van der Waals surface area contributed by atoms with E-state index in [0.717, 1.165) is 12.1 Å². The third kappa shape index (κ3) is 3.86. The van der Waals surface area contributed by atoms with Gasteiger partial charge in [0.1, 0.15) is 11.5 Å². The molecule has 1 aromatic carbocycles. The minimum Gasteiger partial charge on any atom is -0.370 e. The number of halogens is 2. The van der Waals surface area contributed by atoms with Gasteiger partial charge in [0.05, 0.1) is 10.7 Å². The molecule has 2 rings (SSSR count). The van der Waals surface area contributed by atoms with Crippen molar-refractivity contribution in [3.63, 3.8) is 0 Å². The Hall–Kier alpha value is -1.78. The van der Waals surface area contributed by atoms with Crippen molar-refractivity contribution in [2.24, 2.45) is 0 Å². The first-order valence-corrected chi connectivity index (χ1v) is 7.24. The molecule has 4 nitrogen and oxygen atoms in total. The van der Waals surface area contributed by atoms with Crippen LogP contribution < -0.4 is 10.6 Å². The number of rotatable bonds is 4. The number of carbonyl (C=O) groups is 1. The Balaban J connectivity index is 2.22. The highest BCUT2D eigenvalue weighted by atomic mass is 35.5. The molecule has 1 amide bonds. The standard InChI is InChI=1S/C15H15Cl2N3O/c1-3-18-14-6-4-5-12(19-14)15(21)20-13-8-10(16)9(2)7-11(13)17/h4-8H,3H2,1-2H3,(H,18,19)(H,20,21). The number of anilines is 2. The summed E-state index contributed by atoms with van der Waals surface area (Å²) in [5.41, 5.74) is 1.63. The topological polar surface area (TPSA) is 54.0 Å². The fourth-order valence-corrected chi connectivity index (χ4v) is 2.20. The number of hydrogen-bond donors (Lipinski definition) is 2. The van der Waals surface area contributed by atoms with Crippen LogP contribution in [0.3, 0.4) is 0 Å². The molecule has 1 heterocycles. The van der Waals surface area contributed by atoms with Crippen molar-refractivity contribution in [1.29, 1.82) is 0 Å². The first kappa shape index (κ1) is 15.6. The molecule has 0 saturated heterocycles. The van der Waals surface area contributed by atoms with E-state index in [9.17, 15) is 4.79 Å². The highest BCUT2D eigenvalue weighted by Crippen LogP contribution is 2.29. The van der Waals surface area contributed by atoms with Gasteiger partial charge in [0.2, 0.25) is 0 Å². The molecule has 2 N–H and O–H groups in total. The van der Waals surface area contributed by atoms with E-state index in [1.54, 1.807) is 30.3 Å². The summed E-state index contributed by atoms with van der Waals surface area (Å²) in [4.78, 5) is 16.4. The van der Waals surface area contributed by atoms with E-state index in [-0.39, 0.29) is 5.91 Å². The zero-order valence-electron chi connectivity index (χ0n) is 11.7. The van der Waals surface area contributed by atoms with Crippen LogP contribution in [-0.4, -0.2) is 17.4 Å². The molecule has 0 aliphatic heterocycles. The first-order chi connectivity index (χ1) is 10.0. The summed E-state index contributed by atoms with van der Waals surface area (Å²) >= 11 is 12.2. The van der Waals surface area contributed by atoms with Gasteiger partial charge >= 0.3 is 0 Å². The number of amides is 1. The van der Waals surface area contributed by atoms with Gasteiger partial charge in [-0.2, -0.15) is 0 Å². The Labute approximate surface area is 133 Å². The first-order valence-electron chi connectivity index (χ1n) is 6.49. The van der Waals surface area contributed by atoms with E-state index in [1.165, 1.54) is 0 Å². The second-order valence-corrected chi connectivity index (χ2v) is 5.29. The van der Waals surface area contributed by atoms with Crippen molar-refractivity contribution in [3.05, 3.63) is 51.6 Å². The number of pyridine rings is 1. The van der Waals surface area contributed by atoms with E-state index in [1.807, 2.05) is 13.8 Å². The summed E-state index contributed by atoms with van der Waals surface area (Å²) in [6.07, 6.45) is 0. The molecule has 0 spiro atoms. The zero-order chi connectivity index (χ0) is 15.4. The second kappa shape index (κ2) is 6.78. The van der Waals surface area contributed by atoms with E-state index >= 15 is 0 Å². The number of benzene rings is 1. The van der Waals surface area contributed by atoms with E-state index in [4.69, 9.17) is 23.2 Å². The highest BCUT2D eigenvalue weighted by molar-refractivity contribution is 6.36. The monoisotopic (exact) mass is 323 g/mol. The Morgan fingerprint density at radius 2 is 2.00 bits per heavy atom. The lowest BCUT2D eigenvalue weighted by atomic mass is 10.2. The van der Waals surface area contributed by atoms with Crippen molar-refractivity contribution >= 4 is 40.6 Å². The third-order valence-corrected chi connectivity index (χ3v) is 3.56. The van der Waals surface area contributed by atoms with Crippen molar-refractivity contribution in [2.75, 3.05) is 17.2 Å². The fourth-order valence-electron chi connectivity index (χ4n) is 1.77. The molecule has 0 fully saturated rings. The van der Waals surface area contributed by atoms with Crippen molar-refractivity contribution in [2.45, 2.75) is 13.8 Å². The summed E-state index contributed by atoms with van der Waals surface area (Å²) in [5.74, 6) is 0.315. The van der Waals surface area contributed by atoms with Gasteiger partial charge in [-0.15, -0.1) is 0 Å². The number of carbonyl (C=O) groups excluding carboxylic acids is 1. The lowest BCUT2D eigenvalue weighted by Crippen LogP contribution is -2.15. The molecule has 0 saturated carbocycles. The second-order valence-electron chi connectivity index (χ2n) is 4.47.